The maximum Gasteiger partial charge on any atom is 0.257 e. The van der Waals surface area contributed by atoms with Crippen molar-refractivity contribution in [1.29, 1.82) is 0 Å². The van der Waals surface area contributed by atoms with Gasteiger partial charge in [-0.2, -0.15) is 0 Å². The fraction of sp³-hybridized carbons (Fsp3) is 0.188. The molecule has 0 aromatic heterocycles. The number of halogens is 1. The molecule has 20 heavy (non-hydrogen) atoms. The summed E-state index contributed by atoms with van der Waals surface area (Å²) in [5, 5.41) is 5.92. The van der Waals surface area contributed by atoms with E-state index in [-0.39, 0.29) is 11.7 Å². The number of rotatable bonds is 4. The third kappa shape index (κ3) is 3.15. The van der Waals surface area contributed by atoms with Crippen LogP contribution < -0.4 is 10.6 Å². The van der Waals surface area contributed by atoms with Crippen LogP contribution >= 0.6 is 0 Å². The second kappa shape index (κ2) is 6.19. The van der Waals surface area contributed by atoms with Gasteiger partial charge in [0.25, 0.3) is 5.91 Å². The Morgan fingerprint density at radius 3 is 2.65 bits per heavy atom. The molecular weight excluding hydrogens is 255 g/mol. The second-order valence-corrected chi connectivity index (χ2v) is 4.49. The molecule has 3 nitrogen and oxygen atoms in total. The van der Waals surface area contributed by atoms with Gasteiger partial charge < -0.3 is 10.6 Å². The normalized spacial score (nSPS) is 10.2. The molecule has 0 aliphatic carbocycles. The number of hydrogen-bond donors (Lipinski definition) is 2. The van der Waals surface area contributed by atoms with Gasteiger partial charge in [0.2, 0.25) is 0 Å². The first kappa shape index (κ1) is 14.1. The first-order chi connectivity index (χ1) is 9.61. The summed E-state index contributed by atoms with van der Waals surface area (Å²) >= 11 is 0. The second-order valence-electron chi connectivity index (χ2n) is 4.49. The molecule has 104 valence electrons. The van der Waals surface area contributed by atoms with Crippen LogP contribution in [0.5, 0.6) is 0 Å². The Kier molecular flexibility index (Phi) is 4.35. The number of hydrogen-bond acceptors (Lipinski definition) is 2. The molecule has 2 aromatic rings. The highest BCUT2D eigenvalue weighted by molar-refractivity contribution is 6.08. The van der Waals surface area contributed by atoms with E-state index in [1.165, 1.54) is 6.07 Å². The predicted octanol–water partition coefficient (Wildman–Crippen LogP) is 3.82. The highest BCUT2D eigenvalue weighted by atomic mass is 19.1. The topological polar surface area (TPSA) is 41.1 Å². The summed E-state index contributed by atoms with van der Waals surface area (Å²) in [6, 6.07) is 11.8. The smallest absolute Gasteiger partial charge is 0.257 e. The number of amides is 1. The van der Waals surface area contributed by atoms with Crippen molar-refractivity contribution in [2.75, 3.05) is 17.2 Å². The lowest BCUT2D eigenvalue weighted by molar-refractivity contribution is 0.102. The number of benzene rings is 2. The molecule has 0 radical (unpaired) electrons. The molecule has 0 spiro atoms. The van der Waals surface area contributed by atoms with Gasteiger partial charge in [-0.25, -0.2) is 4.39 Å². The summed E-state index contributed by atoms with van der Waals surface area (Å²) in [4.78, 5) is 12.3. The van der Waals surface area contributed by atoms with Crippen LogP contribution in [-0.4, -0.2) is 12.5 Å². The van der Waals surface area contributed by atoms with Gasteiger partial charge in [-0.15, -0.1) is 0 Å². The van der Waals surface area contributed by atoms with E-state index in [4.69, 9.17) is 0 Å². The largest absolute Gasteiger partial charge is 0.385 e. The van der Waals surface area contributed by atoms with Gasteiger partial charge in [0, 0.05) is 17.9 Å². The Balaban J connectivity index is 2.21. The highest BCUT2D eigenvalue weighted by Crippen LogP contribution is 2.18. The Hall–Kier alpha value is -2.36. The van der Waals surface area contributed by atoms with Crippen molar-refractivity contribution in [2.24, 2.45) is 0 Å². The lowest BCUT2D eigenvalue weighted by Gasteiger charge is -2.11. The van der Waals surface area contributed by atoms with Crippen LogP contribution in [0.1, 0.15) is 22.8 Å². The standard InChI is InChI=1S/C16H17FN2O/c1-3-18-15-7-5-4-6-13(15)16(20)19-12-8-9-14(17)11(2)10-12/h4-10,18H,3H2,1-2H3,(H,19,20). The van der Waals surface area contributed by atoms with E-state index in [1.807, 2.05) is 25.1 Å². The average Bonchev–Trinajstić information content (AvgIpc) is 2.44. The van der Waals surface area contributed by atoms with Crippen molar-refractivity contribution in [3.8, 4) is 0 Å². The van der Waals surface area contributed by atoms with Crippen LogP contribution in [0.15, 0.2) is 42.5 Å². The summed E-state index contributed by atoms with van der Waals surface area (Å²) in [7, 11) is 0. The van der Waals surface area contributed by atoms with E-state index in [2.05, 4.69) is 10.6 Å². The van der Waals surface area contributed by atoms with Gasteiger partial charge in [0.1, 0.15) is 5.82 Å². The van der Waals surface area contributed by atoms with Crippen LogP contribution in [0.2, 0.25) is 0 Å². The maximum absolute atomic E-state index is 13.2. The summed E-state index contributed by atoms with van der Waals surface area (Å²) < 4.78 is 13.2. The molecule has 0 unspecified atom stereocenters. The van der Waals surface area contributed by atoms with Gasteiger partial charge in [0.05, 0.1) is 5.56 Å². The zero-order valence-electron chi connectivity index (χ0n) is 11.5. The molecule has 2 rings (SSSR count). The Morgan fingerprint density at radius 2 is 1.95 bits per heavy atom. The van der Waals surface area contributed by atoms with Gasteiger partial charge >= 0.3 is 0 Å². The number of carbonyl (C=O) groups excluding carboxylic acids is 1. The third-order valence-electron chi connectivity index (χ3n) is 2.95. The molecule has 1 amide bonds. The van der Waals surface area contributed by atoms with E-state index in [1.54, 1.807) is 25.1 Å². The van der Waals surface area contributed by atoms with Crippen LogP contribution in [0.3, 0.4) is 0 Å². The molecular formula is C16H17FN2O. The highest BCUT2D eigenvalue weighted by Gasteiger charge is 2.11. The molecule has 0 aliphatic heterocycles. The minimum Gasteiger partial charge on any atom is -0.385 e. The molecule has 0 heterocycles. The number of para-hydroxylation sites is 1. The summed E-state index contributed by atoms with van der Waals surface area (Å²) in [5.74, 6) is -0.497. The SMILES string of the molecule is CCNc1ccccc1C(=O)Nc1ccc(F)c(C)c1. The van der Waals surface area contributed by atoms with E-state index in [0.29, 0.717) is 16.8 Å². The van der Waals surface area contributed by atoms with Crippen LogP contribution in [0.4, 0.5) is 15.8 Å². The van der Waals surface area contributed by atoms with Crippen LogP contribution in [0.25, 0.3) is 0 Å². The number of aryl methyl sites for hydroxylation is 1. The van der Waals surface area contributed by atoms with Crippen molar-refractivity contribution in [3.05, 3.63) is 59.4 Å². The maximum atomic E-state index is 13.2. The Labute approximate surface area is 117 Å². The van der Waals surface area contributed by atoms with Gasteiger partial charge in [0.15, 0.2) is 0 Å². The van der Waals surface area contributed by atoms with E-state index < -0.39 is 0 Å². The Morgan fingerprint density at radius 1 is 1.20 bits per heavy atom. The molecule has 0 atom stereocenters. The lowest BCUT2D eigenvalue weighted by atomic mass is 10.1. The van der Waals surface area contributed by atoms with E-state index in [0.717, 1.165) is 12.2 Å². The first-order valence-electron chi connectivity index (χ1n) is 6.52. The third-order valence-corrected chi connectivity index (χ3v) is 2.95. The summed E-state index contributed by atoms with van der Waals surface area (Å²) in [6.07, 6.45) is 0. The fourth-order valence-electron chi connectivity index (χ4n) is 1.95. The monoisotopic (exact) mass is 272 g/mol. The first-order valence-corrected chi connectivity index (χ1v) is 6.52. The van der Waals surface area contributed by atoms with Gasteiger partial charge in [-0.05, 0) is 49.7 Å². The number of nitrogens with one attached hydrogen (secondary N) is 2. The van der Waals surface area contributed by atoms with Gasteiger partial charge in [-0.1, -0.05) is 12.1 Å². The zero-order valence-corrected chi connectivity index (χ0v) is 11.5. The Bertz CT molecular complexity index is 626. The summed E-state index contributed by atoms with van der Waals surface area (Å²) in [6.45, 7) is 4.37. The van der Waals surface area contributed by atoms with Crippen LogP contribution in [0, 0.1) is 12.7 Å². The minimum absolute atomic E-state index is 0.215. The molecule has 0 saturated heterocycles. The van der Waals surface area contributed by atoms with E-state index >= 15 is 0 Å². The van der Waals surface area contributed by atoms with Crippen molar-refractivity contribution in [3.63, 3.8) is 0 Å². The van der Waals surface area contributed by atoms with Gasteiger partial charge in [-0.3, -0.25) is 4.79 Å². The number of anilines is 2. The molecule has 2 aromatic carbocycles. The lowest BCUT2D eigenvalue weighted by Crippen LogP contribution is -2.14. The average molecular weight is 272 g/mol. The molecule has 4 heteroatoms. The van der Waals surface area contributed by atoms with Crippen molar-refractivity contribution in [2.45, 2.75) is 13.8 Å². The van der Waals surface area contributed by atoms with Crippen LogP contribution in [-0.2, 0) is 0 Å². The van der Waals surface area contributed by atoms with Crippen molar-refractivity contribution >= 4 is 17.3 Å². The molecule has 0 bridgehead atoms. The minimum atomic E-state index is -0.281. The number of carbonyl (C=O) groups is 1. The molecule has 0 fully saturated rings. The fourth-order valence-corrected chi connectivity index (χ4v) is 1.95. The van der Waals surface area contributed by atoms with Crippen molar-refractivity contribution < 1.29 is 9.18 Å². The molecule has 0 aliphatic rings. The quantitative estimate of drug-likeness (QED) is 0.888. The summed E-state index contributed by atoms with van der Waals surface area (Å²) in [5.41, 5.74) is 2.44. The predicted molar refractivity (Wildman–Crippen MR) is 79.7 cm³/mol. The molecule has 0 saturated carbocycles. The zero-order chi connectivity index (χ0) is 14.5. The molecule has 2 N–H and O–H groups in total. The van der Waals surface area contributed by atoms with E-state index in [9.17, 15) is 9.18 Å². The van der Waals surface area contributed by atoms with Crippen molar-refractivity contribution in [1.82, 2.24) is 0 Å².